The van der Waals surface area contributed by atoms with E-state index in [9.17, 15) is 9.59 Å². The lowest BCUT2D eigenvalue weighted by atomic mass is 10.1. The summed E-state index contributed by atoms with van der Waals surface area (Å²) in [6.45, 7) is 1.51. The van der Waals surface area contributed by atoms with Crippen molar-refractivity contribution in [2.75, 3.05) is 0 Å². The van der Waals surface area contributed by atoms with Crippen LogP contribution in [0.4, 0.5) is 0 Å². The molecule has 1 aromatic carbocycles. The molecule has 2 nitrogen and oxygen atoms in total. The molecule has 0 spiro atoms. The van der Waals surface area contributed by atoms with E-state index in [0.717, 1.165) is 4.88 Å². The van der Waals surface area contributed by atoms with Crippen molar-refractivity contribution >= 4 is 22.9 Å². The van der Waals surface area contributed by atoms with Crippen LogP contribution >= 0.6 is 11.3 Å². The van der Waals surface area contributed by atoms with Gasteiger partial charge in [-0.15, -0.1) is 11.3 Å². The Bertz CT molecular complexity index is 509. The van der Waals surface area contributed by atoms with E-state index in [4.69, 9.17) is 0 Å². The van der Waals surface area contributed by atoms with E-state index in [2.05, 4.69) is 0 Å². The van der Waals surface area contributed by atoms with Crippen molar-refractivity contribution < 1.29 is 9.59 Å². The van der Waals surface area contributed by atoms with Gasteiger partial charge in [0.2, 0.25) is 5.78 Å². The molecule has 1 aromatic heterocycles. The third kappa shape index (κ3) is 2.09. The Hall–Kier alpha value is -1.74. The number of benzene rings is 1. The molecule has 0 bridgehead atoms. The van der Waals surface area contributed by atoms with Crippen LogP contribution in [-0.4, -0.2) is 11.6 Å². The van der Waals surface area contributed by atoms with Crippen LogP contribution < -0.4 is 0 Å². The molecule has 0 amide bonds. The molecule has 16 heavy (non-hydrogen) atoms. The standard InChI is InChI=1S/C13H10O2S/c1-9(14)10-4-6-11(7-5-10)13(15)12-3-2-8-16-12/h2-8H,1H3. The number of carbonyl (C=O) groups excluding carboxylic acids is 2. The number of Topliss-reactive ketones (excluding diaryl/α,β-unsaturated/α-hetero) is 1. The molecule has 2 aromatic rings. The van der Waals surface area contributed by atoms with Crippen molar-refractivity contribution in [1.82, 2.24) is 0 Å². The van der Waals surface area contributed by atoms with Gasteiger partial charge in [0, 0.05) is 11.1 Å². The predicted octanol–water partition coefficient (Wildman–Crippen LogP) is 3.18. The van der Waals surface area contributed by atoms with E-state index >= 15 is 0 Å². The van der Waals surface area contributed by atoms with Gasteiger partial charge in [0.25, 0.3) is 0 Å². The minimum absolute atomic E-state index is 0.00472. The van der Waals surface area contributed by atoms with Crippen molar-refractivity contribution in [1.29, 1.82) is 0 Å². The first-order valence-corrected chi connectivity index (χ1v) is 5.75. The molecule has 80 valence electrons. The fraction of sp³-hybridized carbons (Fsp3) is 0.0769. The molecule has 0 aliphatic rings. The second-order valence-electron chi connectivity index (χ2n) is 3.44. The Kier molecular flexibility index (Phi) is 2.97. The van der Waals surface area contributed by atoms with Gasteiger partial charge in [-0.1, -0.05) is 30.3 Å². The van der Waals surface area contributed by atoms with E-state index in [1.165, 1.54) is 18.3 Å². The van der Waals surface area contributed by atoms with Crippen LogP contribution in [0.15, 0.2) is 41.8 Å². The zero-order chi connectivity index (χ0) is 11.5. The highest BCUT2D eigenvalue weighted by molar-refractivity contribution is 7.12. The van der Waals surface area contributed by atoms with E-state index in [1.54, 1.807) is 30.3 Å². The average Bonchev–Trinajstić information content (AvgIpc) is 2.81. The van der Waals surface area contributed by atoms with E-state index < -0.39 is 0 Å². The maximum Gasteiger partial charge on any atom is 0.202 e. The van der Waals surface area contributed by atoms with Gasteiger partial charge in [-0.25, -0.2) is 0 Å². The van der Waals surface area contributed by atoms with Gasteiger partial charge in [-0.05, 0) is 18.4 Å². The highest BCUT2D eigenvalue weighted by atomic mass is 32.1. The van der Waals surface area contributed by atoms with Crippen molar-refractivity contribution in [3.63, 3.8) is 0 Å². The van der Waals surface area contributed by atoms with Gasteiger partial charge in [0.1, 0.15) is 0 Å². The minimum Gasteiger partial charge on any atom is -0.295 e. The van der Waals surface area contributed by atoms with Crippen molar-refractivity contribution in [2.45, 2.75) is 6.92 Å². The van der Waals surface area contributed by atoms with Gasteiger partial charge < -0.3 is 0 Å². The zero-order valence-corrected chi connectivity index (χ0v) is 9.58. The second kappa shape index (κ2) is 4.41. The number of ketones is 2. The highest BCUT2D eigenvalue weighted by Crippen LogP contribution is 2.15. The van der Waals surface area contributed by atoms with E-state index in [1.807, 2.05) is 11.4 Å². The Morgan fingerprint density at radius 3 is 2.12 bits per heavy atom. The number of hydrogen-bond acceptors (Lipinski definition) is 3. The summed E-state index contributed by atoms with van der Waals surface area (Å²) < 4.78 is 0. The average molecular weight is 230 g/mol. The van der Waals surface area contributed by atoms with Crippen molar-refractivity contribution in [3.8, 4) is 0 Å². The second-order valence-corrected chi connectivity index (χ2v) is 4.39. The first kappa shape index (κ1) is 10.8. The topological polar surface area (TPSA) is 34.1 Å². The molecular weight excluding hydrogens is 220 g/mol. The molecule has 0 N–H and O–H groups in total. The van der Waals surface area contributed by atoms with Crippen molar-refractivity contribution in [2.24, 2.45) is 0 Å². The van der Waals surface area contributed by atoms with Crippen LogP contribution in [-0.2, 0) is 0 Å². The van der Waals surface area contributed by atoms with Gasteiger partial charge in [-0.2, -0.15) is 0 Å². The lowest BCUT2D eigenvalue weighted by Gasteiger charge is -1.99. The van der Waals surface area contributed by atoms with Gasteiger partial charge in [0.15, 0.2) is 5.78 Å². The summed E-state index contributed by atoms with van der Waals surface area (Å²) in [4.78, 5) is 23.7. The summed E-state index contributed by atoms with van der Waals surface area (Å²) in [7, 11) is 0. The Morgan fingerprint density at radius 2 is 1.62 bits per heavy atom. The third-order valence-electron chi connectivity index (χ3n) is 2.30. The molecule has 0 unspecified atom stereocenters. The molecule has 0 aliphatic heterocycles. The van der Waals surface area contributed by atoms with Crippen LogP contribution in [0.5, 0.6) is 0 Å². The maximum absolute atomic E-state index is 11.9. The fourth-order valence-corrected chi connectivity index (χ4v) is 2.09. The Labute approximate surface area is 97.5 Å². The Balaban J connectivity index is 2.29. The molecule has 0 fully saturated rings. The molecule has 3 heteroatoms. The zero-order valence-electron chi connectivity index (χ0n) is 8.77. The smallest absolute Gasteiger partial charge is 0.202 e. The molecular formula is C13H10O2S. The summed E-state index contributed by atoms with van der Waals surface area (Å²) in [6, 6.07) is 10.4. The molecule has 0 aliphatic carbocycles. The monoisotopic (exact) mass is 230 g/mol. The first-order chi connectivity index (χ1) is 7.68. The highest BCUT2D eigenvalue weighted by Gasteiger charge is 2.09. The quantitative estimate of drug-likeness (QED) is 0.759. The molecule has 0 radical (unpaired) electrons. The molecule has 0 saturated heterocycles. The summed E-state index contributed by atoms with van der Waals surface area (Å²) >= 11 is 1.42. The van der Waals surface area contributed by atoms with Gasteiger partial charge in [0.05, 0.1) is 4.88 Å². The lowest BCUT2D eigenvalue weighted by molar-refractivity contribution is 0.101. The fourth-order valence-electron chi connectivity index (χ4n) is 1.41. The van der Waals surface area contributed by atoms with Crippen LogP contribution in [0.3, 0.4) is 0 Å². The van der Waals surface area contributed by atoms with Crippen LogP contribution in [0, 0.1) is 0 Å². The largest absolute Gasteiger partial charge is 0.295 e. The summed E-state index contributed by atoms with van der Waals surface area (Å²) in [5, 5.41) is 1.87. The van der Waals surface area contributed by atoms with Gasteiger partial charge in [-0.3, -0.25) is 9.59 Å². The number of thiophene rings is 1. The molecule has 0 saturated carbocycles. The van der Waals surface area contributed by atoms with Crippen LogP contribution in [0.1, 0.15) is 32.5 Å². The number of rotatable bonds is 3. The van der Waals surface area contributed by atoms with Crippen LogP contribution in [0.25, 0.3) is 0 Å². The molecule has 2 rings (SSSR count). The maximum atomic E-state index is 11.9. The predicted molar refractivity (Wildman–Crippen MR) is 64.2 cm³/mol. The summed E-state index contributed by atoms with van der Waals surface area (Å²) in [5.74, 6) is 0.0141. The minimum atomic E-state index is 0.00472. The Morgan fingerprint density at radius 1 is 1.00 bits per heavy atom. The van der Waals surface area contributed by atoms with E-state index in [-0.39, 0.29) is 11.6 Å². The number of hydrogen-bond donors (Lipinski definition) is 0. The first-order valence-electron chi connectivity index (χ1n) is 4.87. The van der Waals surface area contributed by atoms with Crippen LogP contribution in [0.2, 0.25) is 0 Å². The molecule has 1 heterocycles. The SMILES string of the molecule is CC(=O)c1ccc(C(=O)c2cccs2)cc1. The lowest BCUT2D eigenvalue weighted by Crippen LogP contribution is -1.99. The number of carbonyl (C=O) groups is 2. The third-order valence-corrected chi connectivity index (χ3v) is 3.17. The van der Waals surface area contributed by atoms with E-state index in [0.29, 0.717) is 11.1 Å². The molecule has 0 atom stereocenters. The normalized spacial score (nSPS) is 10.1. The summed E-state index contributed by atoms with van der Waals surface area (Å²) in [6.07, 6.45) is 0. The van der Waals surface area contributed by atoms with Gasteiger partial charge >= 0.3 is 0 Å². The summed E-state index contributed by atoms with van der Waals surface area (Å²) in [5.41, 5.74) is 1.25. The van der Waals surface area contributed by atoms with Crippen molar-refractivity contribution in [3.05, 3.63) is 57.8 Å².